The van der Waals surface area contributed by atoms with E-state index in [1.54, 1.807) is 7.11 Å². The number of methoxy groups -OCH3 is 1. The van der Waals surface area contributed by atoms with Gasteiger partial charge in [-0.05, 0) is 67.0 Å². The van der Waals surface area contributed by atoms with Gasteiger partial charge in [-0.3, -0.25) is 15.6 Å². The number of ether oxygens (including phenoxy) is 1. The van der Waals surface area contributed by atoms with Crippen LogP contribution in [0.2, 0.25) is 0 Å². The Hall–Kier alpha value is -2.25. The SMILES string of the molecule is COc1ccc(CNC(=S)NNC(=O)CSc2ccc(C)c(C)c2)cc1. The highest BCUT2D eigenvalue weighted by Crippen LogP contribution is 2.20. The number of carbonyl (C=O) groups excluding carboxylic acids is 1. The largest absolute Gasteiger partial charge is 0.497 e. The zero-order chi connectivity index (χ0) is 18.9. The molecule has 0 saturated carbocycles. The minimum atomic E-state index is -0.137. The normalized spacial score (nSPS) is 10.1. The van der Waals surface area contributed by atoms with E-state index in [0.717, 1.165) is 16.2 Å². The molecule has 7 heteroatoms. The van der Waals surface area contributed by atoms with Crippen molar-refractivity contribution in [2.24, 2.45) is 0 Å². The Morgan fingerprint density at radius 3 is 2.46 bits per heavy atom. The Morgan fingerprint density at radius 1 is 1.08 bits per heavy atom. The van der Waals surface area contributed by atoms with E-state index in [9.17, 15) is 4.79 Å². The number of thioether (sulfide) groups is 1. The van der Waals surface area contributed by atoms with Crippen LogP contribution in [-0.2, 0) is 11.3 Å². The first kappa shape index (κ1) is 20.1. The Kier molecular flexibility index (Phi) is 7.74. The first-order valence-electron chi connectivity index (χ1n) is 8.13. The summed E-state index contributed by atoms with van der Waals surface area (Å²) in [5, 5.41) is 3.40. The third-order valence-corrected chi connectivity index (χ3v) is 5.02. The van der Waals surface area contributed by atoms with Gasteiger partial charge in [0.1, 0.15) is 5.75 Å². The van der Waals surface area contributed by atoms with E-state index in [1.165, 1.54) is 22.9 Å². The van der Waals surface area contributed by atoms with Gasteiger partial charge in [-0.1, -0.05) is 18.2 Å². The predicted molar refractivity (Wildman–Crippen MR) is 110 cm³/mol. The second-order valence-corrected chi connectivity index (χ2v) is 7.20. The molecule has 1 amide bonds. The van der Waals surface area contributed by atoms with Crippen LogP contribution in [0.25, 0.3) is 0 Å². The van der Waals surface area contributed by atoms with Crippen LogP contribution in [-0.4, -0.2) is 23.9 Å². The number of amides is 1. The van der Waals surface area contributed by atoms with Crippen LogP contribution < -0.4 is 20.9 Å². The standard InChI is InChI=1S/C19H23N3O2S2/c1-13-4-9-17(10-14(13)2)26-12-18(23)21-22-19(25)20-11-15-5-7-16(24-3)8-6-15/h4-10H,11-12H2,1-3H3,(H,21,23)(H2,20,22,25). The molecule has 2 aromatic carbocycles. The fourth-order valence-corrected chi connectivity index (χ4v) is 3.00. The second kappa shape index (κ2) is 10.0. The summed E-state index contributed by atoms with van der Waals surface area (Å²) in [6.07, 6.45) is 0. The Balaban J connectivity index is 1.67. The molecule has 0 bridgehead atoms. The lowest BCUT2D eigenvalue weighted by Gasteiger charge is -2.12. The van der Waals surface area contributed by atoms with Gasteiger partial charge in [0.15, 0.2) is 5.11 Å². The van der Waals surface area contributed by atoms with E-state index in [2.05, 4.69) is 42.1 Å². The highest BCUT2D eigenvalue weighted by molar-refractivity contribution is 8.00. The van der Waals surface area contributed by atoms with E-state index in [0.29, 0.717) is 17.4 Å². The Bertz CT molecular complexity index is 764. The summed E-state index contributed by atoms with van der Waals surface area (Å²) in [5.74, 6) is 0.987. The third kappa shape index (κ3) is 6.57. The molecule has 0 fully saturated rings. The smallest absolute Gasteiger partial charge is 0.248 e. The minimum Gasteiger partial charge on any atom is -0.497 e. The van der Waals surface area contributed by atoms with Gasteiger partial charge in [-0.2, -0.15) is 0 Å². The number of hydrazine groups is 1. The molecule has 2 rings (SSSR count). The van der Waals surface area contributed by atoms with E-state index in [-0.39, 0.29) is 5.91 Å². The molecular weight excluding hydrogens is 366 g/mol. The van der Waals surface area contributed by atoms with Crippen molar-refractivity contribution >= 4 is 35.0 Å². The Labute approximate surface area is 163 Å². The molecule has 0 radical (unpaired) electrons. The molecule has 0 aliphatic carbocycles. The van der Waals surface area contributed by atoms with Crippen molar-refractivity contribution in [3.8, 4) is 5.75 Å². The number of hydrogen-bond acceptors (Lipinski definition) is 4. The molecule has 2 aromatic rings. The van der Waals surface area contributed by atoms with E-state index in [4.69, 9.17) is 17.0 Å². The monoisotopic (exact) mass is 389 g/mol. The summed E-state index contributed by atoms with van der Waals surface area (Å²) in [6, 6.07) is 13.8. The second-order valence-electron chi connectivity index (χ2n) is 5.74. The van der Waals surface area contributed by atoms with Crippen LogP contribution in [0.1, 0.15) is 16.7 Å². The van der Waals surface area contributed by atoms with Gasteiger partial charge in [0.25, 0.3) is 0 Å². The first-order chi connectivity index (χ1) is 12.5. The molecule has 0 aliphatic rings. The summed E-state index contributed by atoms with van der Waals surface area (Å²) < 4.78 is 5.12. The fourth-order valence-electron chi connectivity index (χ4n) is 2.09. The maximum absolute atomic E-state index is 11.9. The molecule has 0 saturated heterocycles. The molecule has 0 aromatic heterocycles. The van der Waals surface area contributed by atoms with Crippen LogP contribution in [0.15, 0.2) is 47.4 Å². The average Bonchev–Trinajstić information content (AvgIpc) is 2.66. The maximum Gasteiger partial charge on any atom is 0.248 e. The van der Waals surface area contributed by atoms with Crippen LogP contribution in [0.5, 0.6) is 5.75 Å². The zero-order valence-corrected chi connectivity index (χ0v) is 16.7. The van der Waals surface area contributed by atoms with Crippen molar-refractivity contribution in [2.75, 3.05) is 12.9 Å². The van der Waals surface area contributed by atoms with Crippen LogP contribution in [0.4, 0.5) is 0 Å². The molecule has 138 valence electrons. The van der Waals surface area contributed by atoms with Gasteiger partial charge in [-0.25, -0.2) is 0 Å². The lowest BCUT2D eigenvalue weighted by Crippen LogP contribution is -2.47. The van der Waals surface area contributed by atoms with Gasteiger partial charge in [0.05, 0.1) is 12.9 Å². The van der Waals surface area contributed by atoms with E-state index < -0.39 is 0 Å². The molecule has 0 aliphatic heterocycles. The molecular formula is C19H23N3O2S2. The van der Waals surface area contributed by atoms with Gasteiger partial charge in [0.2, 0.25) is 5.91 Å². The molecule has 0 spiro atoms. The predicted octanol–water partition coefficient (Wildman–Crippen LogP) is 3.10. The Morgan fingerprint density at radius 2 is 1.81 bits per heavy atom. The van der Waals surface area contributed by atoms with Crippen molar-refractivity contribution in [1.29, 1.82) is 0 Å². The molecule has 5 nitrogen and oxygen atoms in total. The average molecular weight is 390 g/mol. The molecule has 3 N–H and O–H groups in total. The quantitative estimate of drug-likeness (QED) is 0.401. The topological polar surface area (TPSA) is 62.4 Å². The molecule has 0 atom stereocenters. The summed E-state index contributed by atoms with van der Waals surface area (Å²) in [6.45, 7) is 4.69. The fraction of sp³-hybridized carbons (Fsp3) is 0.263. The van der Waals surface area contributed by atoms with Gasteiger partial charge < -0.3 is 10.1 Å². The first-order valence-corrected chi connectivity index (χ1v) is 9.53. The van der Waals surface area contributed by atoms with Crippen LogP contribution in [0.3, 0.4) is 0 Å². The van der Waals surface area contributed by atoms with E-state index >= 15 is 0 Å². The van der Waals surface area contributed by atoms with Crippen molar-refractivity contribution in [1.82, 2.24) is 16.2 Å². The number of benzene rings is 2. The van der Waals surface area contributed by atoms with Crippen LogP contribution >= 0.6 is 24.0 Å². The highest BCUT2D eigenvalue weighted by atomic mass is 32.2. The number of thiocarbonyl (C=S) groups is 1. The molecule has 0 unspecified atom stereocenters. The highest BCUT2D eigenvalue weighted by Gasteiger charge is 2.05. The molecule has 0 heterocycles. The molecule has 26 heavy (non-hydrogen) atoms. The minimum absolute atomic E-state index is 0.137. The number of carbonyl (C=O) groups is 1. The van der Waals surface area contributed by atoms with Crippen molar-refractivity contribution in [3.05, 3.63) is 59.2 Å². The number of nitrogens with one attached hydrogen (secondary N) is 3. The third-order valence-electron chi connectivity index (χ3n) is 3.78. The zero-order valence-electron chi connectivity index (χ0n) is 15.1. The summed E-state index contributed by atoms with van der Waals surface area (Å²) >= 11 is 6.65. The van der Waals surface area contributed by atoms with Crippen LogP contribution in [0, 0.1) is 13.8 Å². The lowest BCUT2D eigenvalue weighted by molar-refractivity contribution is -0.119. The summed E-state index contributed by atoms with van der Waals surface area (Å²) in [4.78, 5) is 13.0. The number of hydrogen-bond donors (Lipinski definition) is 3. The lowest BCUT2D eigenvalue weighted by atomic mass is 10.1. The summed E-state index contributed by atoms with van der Waals surface area (Å²) in [7, 11) is 1.63. The van der Waals surface area contributed by atoms with Gasteiger partial charge >= 0.3 is 0 Å². The summed E-state index contributed by atoms with van der Waals surface area (Å²) in [5.41, 5.74) is 8.84. The van der Waals surface area contributed by atoms with Crippen molar-refractivity contribution in [2.45, 2.75) is 25.3 Å². The van der Waals surface area contributed by atoms with Crippen molar-refractivity contribution < 1.29 is 9.53 Å². The van der Waals surface area contributed by atoms with Gasteiger partial charge in [0, 0.05) is 11.4 Å². The van der Waals surface area contributed by atoms with E-state index in [1.807, 2.05) is 30.3 Å². The number of aryl methyl sites for hydroxylation is 2. The maximum atomic E-state index is 11.9. The number of rotatable bonds is 6. The van der Waals surface area contributed by atoms with Crippen molar-refractivity contribution in [3.63, 3.8) is 0 Å². The van der Waals surface area contributed by atoms with Gasteiger partial charge in [-0.15, -0.1) is 11.8 Å².